The van der Waals surface area contributed by atoms with Gasteiger partial charge in [0, 0.05) is 6.42 Å². The first-order valence-corrected chi connectivity index (χ1v) is 8.44. The summed E-state index contributed by atoms with van der Waals surface area (Å²) < 4.78 is 28.2. The molecular formula is C16H17NO5S. The highest BCUT2D eigenvalue weighted by atomic mass is 32.2. The summed E-state index contributed by atoms with van der Waals surface area (Å²) in [6.45, 7) is 0.206. The summed E-state index contributed by atoms with van der Waals surface area (Å²) in [5.74, 6) is -0.217. The number of carboxylic acid groups (broad SMARTS) is 1. The molecule has 0 saturated heterocycles. The Balaban J connectivity index is 1.97. The van der Waals surface area contributed by atoms with Crippen LogP contribution in [0.5, 0.6) is 5.75 Å². The minimum Gasteiger partial charge on any atom is -0.489 e. The van der Waals surface area contributed by atoms with Gasteiger partial charge in [-0.2, -0.15) is 0 Å². The van der Waals surface area contributed by atoms with Gasteiger partial charge in [-0.05, 0) is 41.8 Å². The number of benzene rings is 2. The maximum atomic E-state index is 11.3. The highest BCUT2D eigenvalue weighted by Gasteiger charge is 2.08. The van der Waals surface area contributed by atoms with Crippen LogP contribution >= 0.6 is 0 Å². The largest absolute Gasteiger partial charge is 0.489 e. The number of hydrogen-bond acceptors (Lipinski definition) is 4. The second-order valence-corrected chi connectivity index (χ2v) is 6.58. The molecule has 122 valence electrons. The fourth-order valence-corrected chi connectivity index (χ4v) is 2.57. The first kappa shape index (κ1) is 17.0. The van der Waals surface area contributed by atoms with Crippen molar-refractivity contribution in [3.05, 3.63) is 59.7 Å². The van der Waals surface area contributed by atoms with Gasteiger partial charge in [0.1, 0.15) is 12.4 Å². The maximum absolute atomic E-state index is 11.3. The van der Waals surface area contributed by atoms with Gasteiger partial charge in [-0.25, -0.2) is 13.6 Å². The van der Waals surface area contributed by atoms with Crippen molar-refractivity contribution in [1.82, 2.24) is 0 Å². The standard InChI is InChI=1S/C16H17NO5S/c17-23(20,21)15-3-1-2-13(10-15)11-22-14-7-4-12(5-8-14)6-9-16(18)19/h1-5,7-8,10H,6,9,11H2,(H,18,19)(H2,17,20,21). The highest BCUT2D eigenvalue weighted by molar-refractivity contribution is 7.89. The third-order valence-corrected chi connectivity index (χ3v) is 4.09. The quantitative estimate of drug-likeness (QED) is 0.804. The Hall–Kier alpha value is -2.38. The Labute approximate surface area is 134 Å². The average Bonchev–Trinajstić information content (AvgIpc) is 2.51. The fraction of sp³-hybridized carbons (Fsp3) is 0.188. The van der Waals surface area contributed by atoms with Gasteiger partial charge in [-0.1, -0.05) is 24.3 Å². The molecule has 0 atom stereocenters. The van der Waals surface area contributed by atoms with Crippen molar-refractivity contribution >= 4 is 16.0 Å². The number of nitrogens with two attached hydrogens (primary N) is 1. The van der Waals surface area contributed by atoms with Crippen molar-refractivity contribution in [3.63, 3.8) is 0 Å². The van der Waals surface area contributed by atoms with E-state index >= 15 is 0 Å². The van der Waals surface area contributed by atoms with Crippen molar-refractivity contribution < 1.29 is 23.1 Å². The van der Waals surface area contributed by atoms with Gasteiger partial charge in [0.25, 0.3) is 0 Å². The van der Waals surface area contributed by atoms with Gasteiger partial charge in [-0.15, -0.1) is 0 Å². The van der Waals surface area contributed by atoms with E-state index in [-0.39, 0.29) is 17.9 Å². The predicted molar refractivity (Wildman–Crippen MR) is 84.5 cm³/mol. The maximum Gasteiger partial charge on any atom is 0.303 e. The third-order valence-electron chi connectivity index (χ3n) is 3.18. The SMILES string of the molecule is NS(=O)(=O)c1cccc(COc2ccc(CCC(=O)O)cc2)c1. The van der Waals surface area contributed by atoms with Crippen molar-refractivity contribution in [1.29, 1.82) is 0 Å². The summed E-state index contributed by atoms with van der Waals surface area (Å²) in [5.41, 5.74) is 1.60. The molecule has 0 heterocycles. The number of primary sulfonamides is 1. The molecule has 7 heteroatoms. The van der Waals surface area contributed by atoms with Gasteiger partial charge in [0.05, 0.1) is 4.90 Å². The van der Waals surface area contributed by atoms with Crippen LogP contribution in [0.2, 0.25) is 0 Å². The number of carboxylic acids is 1. The van der Waals surface area contributed by atoms with Crippen LogP contribution in [0.4, 0.5) is 0 Å². The molecule has 2 rings (SSSR count). The lowest BCUT2D eigenvalue weighted by Gasteiger charge is -2.08. The minimum absolute atomic E-state index is 0.0441. The second kappa shape index (κ2) is 7.26. The molecule has 0 aromatic heterocycles. The monoisotopic (exact) mass is 335 g/mol. The van der Waals surface area contributed by atoms with Gasteiger partial charge >= 0.3 is 5.97 Å². The van der Waals surface area contributed by atoms with Gasteiger partial charge in [0.15, 0.2) is 0 Å². The molecule has 0 saturated carbocycles. The molecule has 23 heavy (non-hydrogen) atoms. The Morgan fingerprint density at radius 3 is 2.39 bits per heavy atom. The number of ether oxygens (including phenoxy) is 1. The van der Waals surface area contributed by atoms with E-state index in [1.54, 1.807) is 36.4 Å². The van der Waals surface area contributed by atoms with Gasteiger partial charge in [-0.3, -0.25) is 4.79 Å². The molecule has 0 spiro atoms. The number of aryl methyl sites for hydroxylation is 1. The summed E-state index contributed by atoms with van der Waals surface area (Å²) in [6, 6.07) is 13.4. The molecule has 0 aliphatic rings. The highest BCUT2D eigenvalue weighted by Crippen LogP contribution is 2.16. The summed E-state index contributed by atoms with van der Waals surface area (Å²) in [4.78, 5) is 10.6. The Morgan fingerprint density at radius 2 is 1.78 bits per heavy atom. The van der Waals surface area contributed by atoms with Crippen LogP contribution in [0.3, 0.4) is 0 Å². The first-order valence-electron chi connectivity index (χ1n) is 6.90. The van der Waals surface area contributed by atoms with E-state index in [1.165, 1.54) is 12.1 Å². The third kappa shape index (κ3) is 5.39. The molecular weight excluding hydrogens is 318 g/mol. The molecule has 0 bridgehead atoms. The Morgan fingerprint density at radius 1 is 1.09 bits per heavy atom. The van der Waals surface area contributed by atoms with E-state index in [4.69, 9.17) is 15.0 Å². The van der Waals surface area contributed by atoms with Crippen molar-refractivity contribution in [2.24, 2.45) is 5.14 Å². The number of carbonyl (C=O) groups is 1. The van der Waals surface area contributed by atoms with E-state index in [0.29, 0.717) is 17.7 Å². The lowest BCUT2D eigenvalue weighted by atomic mass is 10.1. The van der Waals surface area contributed by atoms with Crippen LogP contribution in [0, 0.1) is 0 Å². The predicted octanol–water partition coefficient (Wildman–Crippen LogP) is 1.93. The molecule has 0 unspecified atom stereocenters. The van der Waals surface area contributed by atoms with E-state index in [1.807, 2.05) is 0 Å². The molecule has 0 aliphatic carbocycles. The topological polar surface area (TPSA) is 107 Å². The molecule has 3 N–H and O–H groups in total. The number of sulfonamides is 1. The van der Waals surface area contributed by atoms with E-state index in [0.717, 1.165) is 5.56 Å². The van der Waals surface area contributed by atoms with E-state index in [2.05, 4.69) is 0 Å². The molecule has 0 radical (unpaired) electrons. The zero-order valence-electron chi connectivity index (χ0n) is 12.3. The van der Waals surface area contributed by atoms with Crippen LogP contribution in [0.25, 0.3) is 0 Å². The zero-order valence-corrected chi connectivity index (χ0v) is 13.1. The molecule has 2 aromatic carbocycles. The van der Waals surface area contributed by atoms with Crippen LogP contribution < -0.4 is 9.88 Å². The smallest absolute Gasteiger partial charge is 0.303 e. The molecule has 2 aromatic rings. The Kier molecular flexibility index (Phi) is 5.36. The lowest BCUT2D eigenvalue weighted by Crippen LogP contribution is -2.12. The summed E-state index contributed by atoms with van der Waals surface area (Å²) in [6.07, 6.45) is 0.548. The van der Waals surface area contributed by atoms with Crippen LogP contribution in [0.1, 0.15) is 17.5 Å². The fourth-order valence-electron chi connectivity index (χ4n) is 1.98. The minimum atomic E-state index is -3.73. The van der Waals surface area contributed by atoms with E-state index < -0.39 is 16.0 Å². The van der Waals surface area contributed by atoms with Crippen molar-refractivity contribution in [2.75, 3.05) is 0 Å². The Bertz CT molecular complexity index is 784. The van der Waals surface area contributed by atoms with Gasteiger partial charge < -0.3 is 9.84 Å². The molecule has 6 nitrogen and oxygen atoms in total. The normalized spacial score (nSPS) is 11.2. The van der Waals surface area contributed by atoms with Gasteiger partial charge in [0.2, 0.25) is 10.0 Å². The van der Waals surface area contributed by atoms with Crippen LogP contribution in [-0.2, 0) is 27.8 Å². The first-order chi connectivity index (χ1) is 10.8. The summed E-state index contributed by atoms with van der Waals surface area (Å²) in [5, 5.41) is 13.7. The average molecular weight is 335 g/mol. The zero-order chi connectivity index (χ0) is 16.9. The van der Waals surface area contributed by atoms with Crippen LogP contribution in [0.15, 0.2) is 53.4 Å². The molecule has 0 amide bonds. The number of aliphatic carboxylic acids is 1. The number of hydrogen-bond donors (Lipinski definition) is 2. The van der Waals surface area contributed by atoms with Crippen LogP contribution in [-0.4, -0.2) is 19.5 Å². The molecule has 0 aliphatic heterocycles. The van der Waals surface area contributed by atoms with E-state index in [9.17, 15) is 13.2 Å². The second-order valence-electron chi connectivity index (χ2n) is 5.02. The lowest BCUT2D eigenvalue weighted by molar-refractivity contribution is -0.136. The summed E-state index contributed by atoms with van der Waals surface area (Å²) in [7, 11) is -3.73. The number of rotatable bonds is 7. The summed E-state index contributed by atoms with van der Waals surface area (Å²) >= 11 is 0. The van der Waals surface area contributed by atoms with Crippen molar-refractivity contribution in [2.45, 2.75) is 24.3 Å². The van der Waals surface area contributed by atoms with Crippen molar-refractivity contribution in [3.8, 4) is 5.75 Å². The molecule has 0 fully saturated rings.